The molecule has 27 heavy (non-hydrogen) atoms. The van der Waals surface area contributed by atoms with E-state index in [0.29, 0.717) is 18.9 Å². The molecular formula is C17H14F3N7. The molecule has 7 nitrogen and oxygen atoms in total. The fourth-order valence-electron chi connectivity index (χ4n) is 3.92. The lowest BCUT2D eigenvalue weighted by atomic mass is 9.87. The average Bonchev–Trinajstić information content (AvgIpc) is 2.68. The van der Waals surface area contributed by atoms with Gasteiger partial charge < -0.3 is 9.80 Å². The van der Waals surface area contributed by atoms with Crippen LogP contribution < -0.4 is 9.80 Å². The number of fused-ring (bicyclic) bond motifs is 3. The fraction of sp³-hybridized carbons (Fsp3) is 0.353. The molecule has 0 aliphatic carbocycles. The van der Waals surface area contributed by atoms with Gasteiger partial charge >= 0.3 is 6.18 Å². The van der Waals surface area contributed by atoms with E-state index in [-0.39, 0.29) is 12.1 Å². The van der Waals surface area contributed by atoms with Crippen molar-refractivity contribution in [2.24, 2.45) is 0 Å². The summed E-state index contributed by atoms with van der Waals surface area (Å²) in [5.41, 5.74) is -0.146. The Morgan fingerprint density at radius 3 is 2.56 bits per heavy atom. The number of anilines is 2. The highest BCUT2D eigenvalue weighted by atomic mass is 19.4. The molecule has 3 aromatic heterocycles. The molecule has 2 bridgehead atoms. The van der Waals surface area contributed by atoms with Crippen LogP contribution in [-0.4, -0.2) is 50.1 Å². The van der Waals surface area contributed by atoms with E-state index in [4.69, 9.17) is 0 Å². The van der Waals surface area contributed by atoms with E-state index in [9.17, 15) is 13.2 Å². The highest BCUT2D eigenvalue weighted by Gasteiger charge is 2.46. The first kappa shape index (κ1) is 16.2. The van der Waals surface area contributed by atoms with Gasteiger partial charge in [0.25, 0.3) is 0 Å². The number of piperidine rings is 1. The van der Waals surface area contributed by atoms with Crippen molar-refractivity contribution < 1.29 is 13.2 Å². The average molecular weight is 373 g/mol. The third-order valence-corrected chi connectivity index (χ3v) is 5.12. The summed E-state index contributed by atoms with van der Waals surface area (Å²) < 4.78 is 38.7. The molecule has 3 aromatic rings. The Morgan fingerprint density at radius 2 is 1.78 bits per heavy atom. The molecule has 6 heterocycles. The first-order valence-electron chi connectivity index (χ1n) is 8.48. The number of alkyl halides is 3. The maximum absolute atomic E-state index is 12.9. The minimum atomic E-state index is -4.48. The van der Waals surface area contributed by atoms with Crippen LogP contribution in [0, 0.1) is 0 Å². The van der Waals surface area contributed by atoms with Crippen LogP contribution in [0.1, 0.15) is 12.1 Å². The Kier molecular flexibility index (Phi) is 3.43. The van der Waals surface area contributed by atoms with Crippen molar-refractivity contribution in [1.29, 1.82) is 0 Å². The van der Waals surface area contributed by atoms with E-state index < -0.39 is 11.9 Å². The van der Waals surface area contributed by atoms with E-state index in [2.05, 4.69) is 29.8 Å². The number of aromatic nitrogens is 5. The van der Waals surface area contributed by atoms with E-state index in [1.54, 1.807) is 12.4 Å². The Morgan fingerprint density at radius 1 is 1.00 bits per heavy atom. The monoisotopic (exact) mass is 373 g/mol. The van der Waals surface area contributed by atoms with Gasteiger partial charge in [-0.15, -0.1) is 0 Å². The van der Waals surface area contributed by atoms with E-state index >= 15 is 0 Å². The smallest absolute Gasteiger partial charge is 0.352 e. The van der Waals surface area contributed by atoms with Gasteiger partial charge in [-0.3, -0.25) is 4.98 Å². The number of piperazine rings is 1. The van der Waals surface area contributed by atoms with Gasteiger partial charge in [0.1, 0.15) is 30.0 Å². The van der Waals surface area contributed by atoms with Gasteiger partial charge in [-0.05, 0) is 12.5 Å². The van der Waals surface area contributed by atoms with Crippen LogP contribution in [0.4, 0.5) is 24.8 Å². The number of rotatable bonds is 2. The van der Waals surface area contributed by atoms with Crippen molar-refractivity contribution in [1.82, 2.24) is 24.9 Å². The molecule has 0 aromatic carbocycles. The number of nitrogens with zero attached hydrogens (tertiary/aromatic N) is 7. The number of hydrogen-bond donors (Lipinski definition) is 0. The van der Waals surface area contributed by atoms with Crippen LogP contribution in [0.2, 0.25) is 0 Å². The molecule has 3 fully saturated rings. The van der Waals surface area contributed by atoms with Crippen molar-refractivity contribution in [3.63, 3.8) is 0 Å². The maximum atomic E-state index is 12.9. The summed E-state index contributed by atoms with van der Waals surface area (Å²) in [5.74, 6) is 1.16. The van der Waals surface area contributed by atoms with Gasteiger partial charge in [0, 0.05) is 30.7 Å². The zero-order valence-electron chi connectivity index (χ0n) is 14.0. The lowest BCUT2D eigenvalue weighted by Crippen LogP contribution is -2.69. The van der Waals surface area contributed by atoms with Crippen molar-refractivity contribution >= 4 is 22.5 Å². The van der Waals surface area contributed by atoms with Crippen molar-refractivity contribution in [3.05, 3.63) is 42.9 Å². The van der Waals surface area contributed by atoms with Crippen LogP contribution in [-0.2, 0) is 6.18 Å². The molecule has 10 heteroatoms. The van der Waals surface area contributed by atoms with Crippen LogP contribution in [0.3, 0.4) is 0 Å². The Labute approximate surface area is 151 Å². The SMILES string of the molecule is FC(F)(F)c1cc(N2CC3CC(C2)N3c2ncnc3cnccc23)ncn1. The lowest BCUT2D eigenvalue weighted by molar-refractivity contribution is -0.141. The first-order valence-corrected chi connectivity index (χ1v) is 8.48. The molecule has 0 N–H and O–H groups in total. The molecular weight excluding hydrogens is 359 g/mol. The van der Waals surface area contributed by atoms with E-state index in [0.717, 1.165) is 35.5 Å². The van der Waals surface area contributed by atoms with Crippen molar-refractivity contribution in [2.45, 2.75) is 24.7 Å². The Bertz CT molecular complexity index is 992. The summed E-state index contributed by atoms with van der Waals surface area (Å²) in [6, 6.07) is 3.23. The van der Waals surface area contributed by atoms with E-state index in [1.807, 2.05) is 11.0 Å². The fourth-order valence-corrected chi connectivity index (χ4v) is 3.92. The van der Waals surface area contributed by atoms with E-state index in [1.165, 1.54) is 6.33 Å². The molecule has 2 atom stereocenters. The minimum Gasteiger partial charge on any atom is -0.352 e. The summed E-state index contributed by atoms with van der Waals surface area (Å²) in [6.45, 7) is 1.17. The predicted molar refractivity (Wildman–Crippen MR) is 91.3 cm³/mol. The quantitative estimate of drug-likeness (QED) is 0.683. The van der Waals surface area contributed by atoms with Crippen molar-refractivity contribution in [3.8, 4) is 0 Å². The molecule has 3 aliphatic heterocycles. The highest BCUT2D eigenvalue weighted by Crippen LogP contribution is 2.40. The van der Waals surface area contributed by atoms with Crippen LogP contribution in [0.25, 0.3) is 10.9 Å². The molecule has 0 amide bonds. The van der Waals surface area contributed by atoms with Gasteiger partial charge in [-0.2, -0.15) is 13.2 Å². The lowest BCUT2D eigenvalue weighted by Gasteiger charge is -2.57. The van der Waals surface area contributed by atoms with Gasteiger partial charge in [0.2, 0.25) is 0 Å². The number of halogens is 3. The molecule has 0 radical (unpaired) electrons. The van der Waals surface area contributed by atoms with Gasteiger partial charge in [0.15, 0.2) is 0 Å². The zero-order valence-corrected chi connectivity index (χ0v) is 14.0. The molecule has 6 rings (SSSR count). The van der Waals surface area contributed by atoms with Gasteiger partial charge in [-0.25, -0.2) is 19.9 Å². The molecule has 2 unspecified atom stereocenters. The summed E-state index contributed by atoms with van der Waals surface area (Å²) >= 11 is 0. The Balaban J connectivity index is 1.41. The molecule has 3 aliphatic rings. The third-order valence-electron chi connectivity index (χ3n) is 5.12. The van der Waals surface area contributed by atoms with Crippen molar-refractivity contribution in [2.75, 3.05) is 22.9 Å². The maximum Gasteiger partial charge on any atom is 0.433 e. The van der Waals surface area contributed by atoms with Gasteiger partial charge in [-0.1, -0.05) is 0 Å². The second-order valence-corrected chi connectivity index (χ2v) is 6.70. The minimum absolute atomic E-state index is 0.166. The first-order chi connectivity index (χ1) is 13.0. The predicted octanol–water partition coefficient (Wildman–Crippen LogP) is 2.30. The second-order valence-electron chi connectivity index (χ2n) is 6.70. The summed E-state index contributed by atoms with van der Waals surface area (Å²) in [4.78, 5) is 24.3. The summed E-state index contributed by atoms with van der Waals surface area (Å²) in [7, 11) is 0. The third kappa shape index (κ3) is 2.63. The summed E-state index contributed by atoms with van der Waals surface area (Å²) in [5, 5.41) is 0.928. The topological polar surface area (TPSA) is 70.9 Å². The van der Waals surface area contributed by atoms with Crippen LogP contribution in [0.5, 0.6) is 0 Å². The highest BCUT2D eigenvalue weighted by molar-refractivity contribution is 5.89. The molecule has 0 saturated carbocycles. The molecule has 138 valence electrons. The number of pyridine rings is 1. The largest absolute Gasteiger partial charge is 0.433 e. The number of hydrogen-bond acceptors (Lipinski definition) is 7. The zero-order chi connectivity index (χ0) is 18.6. The molecule has 0 spiro atoms. The normalized spacial score (nSPS) is 22.0. The second kappa shape index (κ2) is 5.73. The summed E-state index contributed by atoms with van der Waals surface area (Å²) in [6.07, 6.45) is 2.39. The van der Waals surface area contributed by atoms with Crippen LogP contribution >= 0.6 is 0 Å². The van der Waals surface area contributed by atoms with Crippen LogP contribution in [0.15, 0.2) is 37.2 Å². The Hall–Kier alpha value is -3.04. The van der Waals surface area contributed by atoms with Gasteiger partial charge in [0.05, 0.1) is 23.8 Å². The standard InChI is InChI=1S/C17H14F3N7/c18-17(19,20)14-4-15(24-9-23-14)26-6-10-3-11(7-26)27(10)16-12-1-2-21-5-13(12)22-8-25-16/h1-2,4-5,8-11H,3,6-7H2. The molecule has 3 saturated heterocycles.